The second kappa shape index (κ2) is 11.2. The van der Waals surface area contributed by atoms with Gasteiger partial charge in [0.05, 0.1) is 17.7 Å². The zero-order valence-corrected chi connectivity index (χ0v) is 20.2. The van der Waals surface area contributed by atoms with Gasteiger partial charge in [-0.15, -0.1) is 0 Å². The quantitative estimate of drug-likeness (QED) is 0.698. The van der Waals surface area contributed by atoms with Crippen molar-refractivity contribution in [3.63, 3.8) is 0 Å². The lowest BCUT2D eigenvalue weighted by atomic mass is 9.86. The van der Waals surface area contributed by atoms with Crippen LogP contribution in [0.5, 0.6) is 0 Å². The maximum absolute atomic E-state index is 13.1. The largest absolute Gasteiger partial charge is 0.445 e. The monoisotopic (exact) mass is 462 g/mol. The van der Waals surface area contributed by atoms with E-state index >= 15 is 0 Å². The number of carbonyl (C=O) groups is 2. The van der Waals surface area contributed by atoms with Gasteiger partial charge in [-0.3, -0.25) is 4.79 Å². The third-order valence-corrected chi connectivity index (χ3v) is 6.29. The number of likely N-dealkylation sites (tertiary alicyclic amines) is 1. The molecule has 1 fully saturated rings. The molecule has 0 saturated carbocycles. The van der Waals surface area contributed by atoms with Gasteiger partial charge in [0.2, 0.25) is 5.91 Å². The number of hydrogen-bond acceptors (Lipinski definition) is 5. The van der Waals surface area contributed by atoms with Crippen LogP contribution in [0, 0.1) is 16.7 Å². The Morgan fingerprint density at radius 3 is 2.26 bits per heavy atom. The Morgan fingerprint density at radius 1 is 1.09 bits per heavy atom. The summed E-state index contributed by atoms with van der Waals surface area (Å²) in [5.41, 5.74) is 8.30. The molecule has 1 aliphatic heterocycles. The summed E-state index contributed by atoms with van der Waals surface area (Å²) in [5.74, 6) is -0.0451. The second-order valence-electron chi connectivity index (χ2n) is 9.88. The first kappa shape index (κ1) is 25.3. The lowest BCUT2D eigenvalue weighted by Gasteiger charge is -2.40. The molecule has 1 aliphatic rings. The third-order valence-electron chi connectivity index (χ3n) is 6.29. The van der Waals surface area contributed by atoms with Crippen LogP contribution in [0.15, 0.2) is 54.6 Å². The van der Waals surface area contributed by atoms with Crippen LogP contribution >= 0.6 is 0 Å². The first-order chi connectivity index (χ1) is 16.2. The SMILES string of the molecule is CC(C)(C)C(N)C(=O)N1CCC(N(Cc2ccc(C#N)cc2)C(=O)OCc2ccccc2)CC1. The van der Waals surface area contributed by atoms with Gasteiger partial charge in [0.1, 0.15) is 6.61 Å². The van der Waals surface area contributed by atoms with Gasteiger partial charge < -0.3 is 20.3 Å². The van der Waals surface area contributed by atoms with E-state index in [0.717, 1.165) is 11.1 Å². The number of nitrogens with two attached hydrogens (primary N) is 1. The number of benzene rings is 2. The minimum atomic E-state index is -0.561. The average molecular weight is 463 g/mol. The summed E-state index contributed by atoms with van der Waals surface area (Å²) >= 11 is 0. The van der Waals surface area contributed by atoms with Gasteiger partial charge in [0.15, 0.2) is 0 Å². The number of ether oxygens (including phenoxy) is 1. The number of rotatable bonds is 6. The highest BCUT2D eigenvalue weighted by molar-refractivity contribution is 5.82. The Bertz CT molecular complexity index is 1000. The molecular formula is C27H34N4O3. The van der Waals surface area contributed by atoms with Crippen molar-refractivity contribution < 1.29 is 14.3 Å². The number of amides is 2. The summed E-state index contributed by atoms with van der Waals surface area (Å²) in [4.78, 5) is 29.5. The summed E-state index contributed by atoms with van der Waals surface area (Å²) in [6, 6.07) is 18.3. The van der Waals surface area contributed by atoms with Gasteiger partial charge in [0.25, 0.3) is 0 Å². The van der Waals surface area contributed by atoms with E-state index in [1.807, 2.05) is 68.1 Å². The molecule has 2 amide bonds. The number of piperidine rings is 1. The molecule has 3 rings (SSSR count). The Balaban J connectivity index is 1.69. The van der Waals surface area contributed by atoms with Crippen molar-refractivity contribution in [2.45, 2.75) is 58.8 Å². The van der Waals surface area contributed by atoms with Crippen LogP contribution in [0.3, 0.4) is 0 Å². The zero-order chi connectivity index (χ0) is 24.7. The van der Waals surface area contributed by atoms with E-state index in [4.69, 9.17) is 15.7 Å². The molecule has 0 bridgehead atoms. The van der Waals surface area contributed by atoms with Crippen molar-refractivity contribution in [2.24, 2.45) is 11.1 Å². The molecule has 180 valence electrons. The van der Waals surface area contributed by atoms with Gasteiger partial charge in [-0.25, -0.2) is 4.79 Å². The smallest absolute Gasteiger partial charge is 0.410 e. The summed E-state index contributed by atoms with van der Waals surface area (Å²) < 4.78 is 5.65. The van der Waals surface area contributed by atoms with Gasteiger partial charge in [-0.05, 0) is 41.5 Å². The van der Waals surface area contributed by atoms with E-state index in [-0.39, 0.29) is 30.1 Å². The average Bonchev–Trinajstić information content (AvgIpc) is 2.85. The number of nitriles is 1. The number of hydrogen-bond donors (Lipinski definition) is 1. The predicted octanol–water partition coefficient (Wildman–Crippen LogP) is 4.06. The molecule has 0 radical (unpaired) electrons. The molecular weight excluding hydrogens is 428 g/mol. The fourth-order valence-corrected chi connectivity index (χ4v) is 3.99. The van der Waals surface area contributed by atoms with Crippen molar-refractivity contribution in [2.75, 3.05) is 13.1 Å². The molecule has 7 heteroatoms. The maximum Gasteiger partial charge on any atom is 0.410 e. The molecule has 1 heterocycles. The first-order valence-electron chi connectivity index (χ1n) is 11.7. The highest BCUT2D eigenvalue weighted by Crippen LogP contribution is 2.24. The van der Waals surface area contributed by atoms with E-state index in [9.17, 15) is 9.59 Å². The summed E-state index contributed by atoms with van der Waals surface area (Å²) in [7, 11) is 0. The van der Waals surface area contributed by atoms with Crippen molar-refractivity contribution in [1.29, 1.82) is 5.26 Å². The second-order valence-corrected chi connectivity index (χ2v) is 9.88. The van der Waals surface area contributed by atoms with Gasteiger partial charge in [-0.2, -0.15) is 5.26 Å². The van der Waals surface area contributed by atoms with Crippen molar-refractivity contribution in [3.05, 3.63) is 71.3 Å². The highest BCUT2D eigenvalue weighted by Gasteiger charge is 2.35. The van der Waals surface area contributed by atoms with Crippen LogP contribution in [0.25, 0.3) is 0 Å². The molecule has 0 spiro atoms. The van der Waals surface area contributed by atoms with Crippen LogP contribution in [0.2, 0.25) is 0 Å². The zero-order valence-electron chi connectivity index (χ0n) is 20.2. The van der Waals surface area contributed by atoms with E-state index in [2.05, 4.69) is 6.07 Å². The Morgan fingerprint density at radius 2 is 1.71 bits per heavy atom. The minimum absolute atomic E-state index is 0.0451. The molecule has 0 aromatic heterocycles. The van der Waals surface area contributed by atoms with Gasteiger partial charge >= 0.3 is 6.09 Å². The summed E-state index contributed by atoms with van der Waals surface area (Å²) in [5, 5.41) is 9.06. The molecule has 2 aromatic carbocycles. The van der Waals surface area contributed by atoms with Crippen LogP contribution in [-0.4, -0.2) is 47.0 Å². The van der Waals surface area contributed by atoms with Crippen molar-refractivity contribution in [1.82, 2.24) is 9.80 Å². The predicted molar refractivity (Wildman–Crippen MR) is 130 cm³/mol. The first-order valence-corrected chi connectivity index (χ1v) is 11.7. The molecule has 7 nitrogen and oxygen atoms in total. The van der Waals surface area contributed by atoms with Crippen LogP contribution in [0.1, 0.15) is 50.3 Å². The molecule has 1 unspecified atom stereocenters. The third kappa shape index (κ3) is 6.58. The van der Waals surface area contributed by atoms with Crippen LogP contribution in [0.4, 0.5) is 4.79 Å². The van der Waals surface area contributed by atoms with Crippen LogP contribution < -0.4 is 5.73 Å². The molecule has 1 saturated heterocycles. The molecule has 2 N–H and O–H groups in total. The Labute approximate surface area is 202 Å². The van der Waals surface area contributed by atoms with E-state index in [1.54, 1.807) is 17.0 Å². The topological polar surface area (TPSA) is 99.7 Å². The summed E-state index contributed by atoms with van der Waals surface area (Å²) in [6.07, 6.45) is 0.919. The summed E-state index contributed by atoms with van der Waals surface area (Å²) in [6.45, 7) is 7.55. The Kier molecular flexibility index (Phi) is 8.30. The normalized spacial score (nSPS) is 15.3. The van der Waals surface area contributed by atoms with Crippen molar-refractivity contribution >= 4 is 12.0 Å². The highest BCUT2D eigenvalue weighted by atomic mass is 16.6. The van der Waals surface area contributed by atoms with Gasteiger partial charge in [-0.1, -0.05) is 63.2 Å². The molecule has 34 heavy (non-hydrogen) atoms. The van der Waals surface area contributed by atoms with Crippen LogP contribution in [-0.2, 0) is 22.7 Å². The number of carbonyl (C=O) groups excluding carboxylic acids is 2. The lowest BCUT2D eigenvalue weighted by molar-refractivity contribution is -0.136. The number of nitrogens with zero attached hydrogens (tertiary/aromatic N) is 3. The maximum atomic E-state index is 13.1. The molecule has 0 aliphatic carbocycles. The van der Waals surface area contributed by atoms with Gasteiger partial charge in [0, 0.05) is 25.7 Å². The Hall–Kier alpha value is -3.37. The fourth-order valence-electron chi connectivity index (χ4n) is 3.99. The van der Waals surface area contributed by atoms with Crippen molar-refractivity contribution in [3.8, 4) is 6.07 Å². The minimum Gasteiger partial charge on any atom is -0.445 e. The fraction of sp³-hybridized carbons (Fsp3) is 0.444. The van der Waals surface area contributed by atoms with E-state index in [0.29, 0.717) is 38.0 Å². The standard InChI is InChI=1S/C27H34N4O3/c1-27(2,3)24(29)25(32)30-15-13-23(14-16-30)31(18-21-11-9-20(17-28)10-12-21)26(33)34-19-22-7-5-4-6-8-22/h4-12,23-24H,13-16,18-19,29H2,1-3H3. The van der Waals surface area contributed by atoms with E-state index < -0.39 is 6.04 Å². The molecule has 2 aromatic rings. The lowest BCUT2D eigenvalue weighted by Crippen LogP contribution is -2.54. The van der Waals surface area contributed by atoms with E-state index in [1.165, 1.54) is 0 Å². The molecule has 1 atom stereocenters.